The smallest absolute Gasteiger partial charge is 0.218 e. The molecule has 1 heterocycles. The molecular formula is C12H14N4OS2. The van der Waals surface area contributed by atoms with Crippen molar-refractivity contribution in [2.45, 2.75) is 17.3 Å². The number of rotatable bonds is 7. The van der Waals surface area contributed by atoms with Gasteiger partial charge in [0.15, 0.2) is 4.34 Å². The number of aromatic nitrogens is 2. The molecule has 19 heavy (non-hydrogen) atoms. The van der Waals surface area contributed by atoms with Gasteiger partial charge in [-0.15, -0.1) is 10.2 Å². The topological polar surface area (TPSA) is 80.9 Å². The summed E-state index contributed by atoms with van der Waals surface area (Å²) in [6, 6.07) is 10.1. The van der Waals surface area contributed by atoms with Gasteiger partial charge in [-0.2, -0.15) is 0 Å². The van der Waals surface area contributed by atoms with Crippen LogP contribution in [0.25, 0.3) is 0 Å². The lowest BCUT2D eigenvalue weighted by molar-refractivity contribution is -0.117. The summed E-state index contributed by atoms with van der Waals surface area (Å²) >= 11 is 2.98. The maximum Gasteiger partial charge on any atom is 0.218 e. The van der Waals surface area contributed by atoms with Crippen molar-refractivity contribution in [1.29, 1.82) is 0 Å². The second-order valence-electron chi connectivity index (χ2n) is 3.78. The van der Waals surface area contributed by atoms with Crippen molar-refractivity contribution in [3.8, 4) is 0 Å². The Morgan fingerprint density at radius 2 is 2.11 bits per heavy atom. The van der Waals surface area contributed by atoms with Crippen LogP contribution in [-0.2, 0) is 11.3 Å². The largest absolute Gasteiger partial charge is 0.370 e. The van der Waals surface area contributed by atoms with E-state index < -0.39 is 0 Å². The molecule has 0 radical (unpaired) electrons. The molecule has 0 saturated carbocycles. The van der Waals surface area contributed by atoms with E-state index in [2.05, 4.69) is 27.6 Å². The molecule has 3 N–H and O–H groups in total. The number of nitrogens with one attached hydrogen (secondary N) is 1. The molecule has 1 aromatic carbocycles. The molecule has 0 atom stereocenters. The van der Waals surface area contributed by atoms with E-state index in [4.69, 9.17) is 5.73 Å². The zero-order valence-corrected chi connectivity index (χ0v) is 11.8. The second-order valence-corrected chi connectivity index (χ2v) is 6.10. The van der Waals surface area contributed by atoms with Gasteiger partial charge >= 0.3 is 0 Å². The number of hydrogen-bond donors (Lipinski definition) is 2. The summed E-state index contributed by atoms with van der Waals surface area (Å²) in [6.45, 7) is 0.724. The highest BCUT2D eigenvalue weighted by molar-refractivity contribution is 8.01. The third-order valence-corrected chi connectivity index (χ3v) is 4.28. The van der Waals surface area contributed by atoms with Crippen LogP contribution in [0, 0.1) is 0 Å². The molecule has 2 rings (SSSR count). The van der Waals surface area contributed by atoms with Crippen molar-refractivity contribution in [2.75, 3.05) is 11.1 Å². The molecule has 0 aliphatic heterocycles. The summed E-state index contributed by atoms with van der Waals surface area (Å²) in [7, 11) is 0. The maximum absolute atomic E-state index is 10.6. The minimum absolute atomic E-state index is 0.292. The van der Waals surface area contributed by atoms with E-state index in [1.54, 1.807) is 0 Å². The summed E-state index contributed by atoms with van der Waals surface area (Å²) in [6.07, 6.45) is 0.358. The first-order chi connectivity index (χ1) is 9.24. The average Bonchev–Trinajstić information content (AvgIpc) is 2.85. The molecule has 100 valence electrons. The van der Waals surface area contributed by atoms with E-state index in [9.17, 15) is 4.79 Å². The lowest BCUT2D eigenvalue weighted by Gasteiger charge is -2.00. The van der Waals surface area contributed by atoms with Crippen LogP contribution in [0.4, 0.5) is 5.13 Å². The molecule has 0 bridgehead atoms. The van der Waals surface area contributed by atoms with E-state index >= 15 is 0 Å². The SMILES string of the molecule is NC(=O)CCSc1nnc(NCc2ccccc2)s1. The quantitative estimate of drug-likeness (QED) is 0.764. The monoisotopic (exact) mass is 294 g/mol. The Morgan fingerprint density at radius 3 is 2.84 bits per heavy atom. The molecule has 0 saturated heterocycles. The van der Waals surface area contributed by atoms with Crippen LogP contribution >= 0.6 is 23.1 Å². The van der Waals surface area contributed by atoms with Gasteiger partial charge in [-0.25, -0.2) is 0 Å². The summed E-state index contributed by atoms with van der Waals surface area (Å²) in [5, 5.41) is 12.1. The first kappa shape index (κ1) is 13.8. The van der Waals surface area contributed by atoms with Gasteiger partial charge in [-0.3, -0.25) is 4.79 Å². The van der Waals surface area contributed by atoms with E-state index in [1.807, 2.05) is 18.2 Å². The van der Waals surface area contributed by atoms with Crippen LogP contribution in [0.1, 0.15) is 12.0 Å². The van der Waals surface area contributed by atoms with Crippen molar-refractivity contribution in [3.63, 3.8) is 0 Å². The predicted molar refractivity (Wildman–Crippen MR) is 78.2 cm³/mol. The fourth-order valence-electron chi connectivity index (χ4n) is 1.35. The van der Waals surface area contributed by atoms with Crippen LogP contribution in [0.15, 0.2) is 34.7 Å². The van der Waals surface area contributed by atoms with Gasteiger partial charge in [0.05, 0.1) is 0 Å². The number of thioether (sulfide) groups is 1. The molecular weight excluding hydrogens is 280 g/mol. The normalized spacial score (nSPS) is 10.3. The van der Waals surface area contributed by atoms with Gasteiger partial charge in [-0.05, 0) is 5.56 Å². The summed E-state index contributed by atoms with van der Waals surface area (Å²) in [5.74, 6) is 0.349. The minimum Gasteiger partial charge on any atom is -0.370 e. The van der Waals surface area contributed by atoms with Gasteiger partial charge in [0.2, 0.25) is 11.0 Å². The number of amides is 1. The molecule has 0 fully saturated rings. The van der Waals surface area contributed by atoms with Gasteiger partial charge < -0.3 is 11.1 Å². The Morgan fingerprint density at radius 1 is 1.32 bits per heavy atom. The molecule has 1 amide bonds. The van der Waals surface area contributed by atoms with Crippen LogP contribution in [0.2, 0.25) is 0 Å². The molecule has 1 aromatic heterocycles. The predicted octanol–water partition coefficient (Wildman–Crippen LogP) is 2.12. The number of anilines is 1. The Balaban J connectivity index is 1.79. The minimum atomic E-state index is -0.292. The lowest BCUT2D eigenvalue weighted by Crippen LogP contribution is -2.10. The Labute approximate surface area is 119 Å². The number of primary amides is 1. The summed E-state index contributed by atoms with van der Waals surface area (Å²) < 4.78 is 0.844. The maximum atomic E-state index is 10.6. The van der Waals surface area contributed by atoms with E-state index in [0.717, 1.165) is 16.0 Å². The highest BCUT2D eigenvalue weighted by Crippen LogP contribution is 2.26. The Kier molecular flexibility index (Phi) is 5.17. The molecule has 0 aliphatic carbocycles. The van der Waals surface area contributed by atoms with Crippen LogP contribution in [-0.4, -0.2) is 21.9 Å². The fraction of sp³-hybridized carbons (Fsp3) is 0.250. The van der Waals surface area contributed by atoms with Gasteiger partial charge in [-0.1, -0.05) is 53.4 Å². The van der Waals surface area contributed by atoms with Crippen molar-refractivity contribution in [2.24, 2.45) is 5.73 Å². The molecule has 2 aromatic rings. The number of nitrogens with two attached hydrogens (primary N) is 1. The Bertz CT molecular complexity index is 530. The molecule has 5 nitrogen and oxygen atoms in total. The Hall–Kier alpha value is -1.60. The first-order valence-corrected chi connectivity index (χ1v) is 7.56. The molecule has 7 heteroatoms. The highest BCUT2D eigenvalue weighted by Gasteiger charge is 2.05. The standard InChI is InChI=1S/C12H14N4OS2/c13-10(17)6-7-18-12-16-15-11(19-12)14-8-9-4-2-1-3-5-9/h1-5H,6-8H2,(H2,13,17)(H,14,15). The van der Waals surface area contributed by atoms with E-state index in [-0.39, 0.29) is 5.91 Å². The summed E-state index contributed by atoms with van der Waals surface area (Å²) in [5.41, 5.74) is 6.27. The number of benzene rings is 1. The van der Waals surface area contributed by atoms with Crippen molar-refractivity contribution >= 4 is 34.1 Å². The second kappa shape index (κ2) is 7.10. The average molecular weight is 294 g/mol. The number of carbonyl (C=O) groups excluding carboxylic acids is 1. The molecule has 0 unspecified atom stereocenters. The highest BCUT2D eigenvalue weighted by atomic mass is 32.2. The van der Waals surface area contributed by atoms with E-state index in [1.165, 1.54) is 28.7 Å². The van der Waals surface area contributed by atoms with E-state index in [0.29, 0.717) is 12.2 Å². The zero-order chi connectivity index (χ0) is 13.5. The number of carbonyl (C=O) groups is 1. The van der Waals surface area contributed by atoms with Crippen LogP contribution in [0.3, 0.4) is 0 Å². The molecule has 0 aliphatic rings. The first-order valence-electron chi connectivity index (χ1n) is 5.76. The molecule has 0 spiro atoms. The van der Waals surface area contributed by atoms with Crippen molar-refractivity contribution in [1.82, 2.24) is 10.2 Å². The fourth-order valence-corrected chi connectivity index (χ4v) is 3.12. The number of hydrogen-bond acceptors (Lipinski definition) is 6. The zero-order valence-electron chi connectivity index (χ0n) is 10.2. The lowest BCUT2D eigenvalue weighted by atomic mass is 10.2. The van der Waals surface area contributed by atoms with Gasteiger partial charge in [0.25, 0.3) is 0 Å². The third-order valence-electron chi connectivity index (χ3n) is 2.27. The van der Waals surface area contributed by atoms with Crippen LogP contribution < -0.4 is 11.1 Å². The summed E-state index contributed by atoms with van der Waals surface area (Å²) in [4.78, 5) is 10.6. The third kappa shape index (κ3) is 4.88. The van der Waals surface area contributed by atoms with Crippen LogP contribution in [0.5, 0.6) is 0 Å². The van der Waals surface area contributed by atoms with Gasteiger partial charge in [0.1, 0.15) is 0 Å². The van der Waals surface area contributed by atoms with Crippen molar-refractivity contribution < 1.29 is 4.79 Å². The van der Waals surface area contributed by atoms with Crippen molar-refractivity contribution in [3.05, 3.63) is 35.9 Å². The number of nitrogens with zero attached hydrogens (tertiary/aromatic N) is 2. The van der Waals surface area contributed by atoms with Gasteiger partial charge in [0, 0.05) is 18.7 Å².